The van der Waals surface area contributed by atoms with E-state index in [1.54, 1.807) is 0 Å². The third kappa shape index (κ3) is 15.5. The molecule has 9 atom stereocenters. The number of cyclic esters (lactones) is 1. The van der Waals surface area contributed by atoms with Crippen LogP contribution in [0, 0.1) is 0 Å². The molecule has 8 nitrogen and oxygen atoms in total. The number of hydrogen-bond donors (Lipinski definition) is 4. The van der Waals surface area contributed by atoms with Crippen molar-refractivity contribution < 1.29 is 39.4 Å². The number of unbranched alkanes of at least 4 members (excludes halogenated alkanes) is 9. The van der Waals surface area contributed by atoms with Gasteiger partial charge in [0.15, 0.2) is 0 Å². The lowest BCUT2D eigenvalue weighted by Gasteiger charge is -2.23. The molecule has 3 aliphatic rings. The maximum absolute atomic E-state index is 11.7. The van der Waals surface area contributed by atoms with Gasteiger partial charge in [0.05, 0.1) is 48.8 Å². The van der Waals surface area contributed by atoms with Crippen LogP contribution in [0.4, 0.5) is 0 Å². The lowest BCUT2D eigenvalue weighted by atomic mass is 9.98. The second kappa shape index (κ2) is 22.6. The molecule has 0 amide bonds. The van der Waals surface area contributed by atoms with E-state index < -0.39 is 18.3 Å². The highest BCUT2D eigenvalue weighted by molar-refractivity contribution is 5.90. The van der Waals surface area contributed by atoms with Crippen molar-refractivity contribution in [2.24, 2.45) is 0 Å². The standard InChI is InChI=1S/C38H68O8/c1-3-4-5-12-16-30(39)17-14-18-31(40)27-33-21-25-37(46-33)35(42)23-22-34(41)36-24-20-32(45-36)19-13-10-8-6-7-9-11-15-29-26-28(2)44-38(29)43/h26,28,30-37,39-42H,3-25,27H2,1-2H3/t28-,30-,31-,32-,33-,34-,35+,36-,37+/m1/s1. The van der Waals surface area contributed by atoms with Gasteiger partial charge in [-0.2, -0.15) is 0 Å². The molecule has 46 heavy (non-hydrogen) atoms. The number of hydrogen-bond acceptors (Lipinski definition) is 8. The molecule has 3 aliphatic heterocycles. The topological polar surface area (TPSA) is 126 Å². The van der Waals surface area contributed by atoms with Gasteiger partial charge in [-0.3, -0.25) is 0 Å². The van der Waals surface area contributed by atoms with Crippen LogP contribution in [0.3, 0.4) is 0 Å². The van der Waals surface area contributed by atoms with Gasteiger partial charge in [0.2, 0.25) is 0 Å². The minimum absolute atomic E-state index is 0.0385. The summed E-state index contributed by atoms with van der Waals surface area (Å²) in [5.74, 6) is -0.137. The summed E-state index contributed by atoms with van der Waals surface area (Å²) < 4.78 is 17.4. The maximum atomic E-state index is 11.7. The van der Waals surface area contributed by atoms with Gasteiger partial charge in [-0.1, -0.05) is 71.1 Å². The van der Waals surface area contributed by atoms with E-state index in [0.29, 0.717) is 25.7 Å². The summed E-state index contributed by atoms with van der Waals surface area (Å²) in [5.41, 5.74) is 0.847. The zero-order valence-electron chi connectivity index (χ0n) is 29.2. The summed E-state index contributed by atoms with van der Waals surface area (Å²) >= 11 is 0. The molecule has 0 spiro atoms. The van der Waals surface area contributed by atoms with Crippen molar-refractivity contribution in [1.29, 1.82) is 0 Å². The van der Waals surface area contributed by atoms with Crippen LogP contribution in [0.25, 0.3) is 0 Å². The van der Waals surface area contributed by atoms with Crippen LogP contribution >= 0.6 is 0 Å². The lowest BCUT2D eigenvalue weighted by molar-refractivity contribution is -0.139. The van der Waals surface area contributed by atoms with Crippen LogP contribution in [-0.4, -0.2) is 81.3 Å². The largest absolute Gasteiger partial charge is 0.455 e. The fourth-order valence-corrected chi connectivity index (χ4v) is 7.48. The molecule has 0 aliphatic carbocycles. The molecule has 0 radical (unpaired) electrons. The summed E-state index contributed by atoms with van der Waals surface area (Å²) in [7, 11) is 0. The van der Waals surface area contributed by atoms with Crippen molar-refractivity contribution in [3.05, 3.63) is 11.6 Å². The van der Waals surface area contributed by atoms with Crippen molar-refractivity contribution in [2.75, 3.05) is 0 Å². The van der Waals surface area contributed by atoms with Crippen LogP contribution in [-0.2, 0) is 19.0 Å². The van der Waals surface area contributed by atoms with Crippen LogP contribution in [0.1, 0.15) is 168 Å². The Hall–Kier alpha value is -1.03. The first-order valence-electron chi connectivity index (χ1n) is 19.2. The summed E-state index contributed by atoms with van der Waals surface area (Å²) in [6, 6.07) is 0. The number of aliphatic hydroxyl groups is 4. The predicted molar refractivity (Wildman–Crippen MR) is 181 cm³/mol. The molecule has 4 N–H and O–H groups in total. The first-order valence-corrected chi connectivity index (χ1v) is 19.2. The Morgan fingerprint density at radius 1 is 0.674 bits per heavy atom. The molecule has 0 aromatic carbocycles. The van der Waals surface area contributed by atoms with Gasteiger partial charge >= 0.3 is 5.97 Å². The summed E-state index contributed by atoms with van der Waals surface area (Å²) in [6.45, 7) is 4.09. The Labute approximate surface area is 279 Å². The second-order valence-corrected chi connectivity index (χ2v) is 14.6. The number of aliphatic hydroxyl groups excluding tert-OH is 4. The lowest BCUT2D eigenvalue weighted by Crippen LogP contribution is -2.31. The molecule has 0 saturated carbocycles. The predicted octanol–water partition coefficient (Wildman–Crippen LogP) is 7.22. The highest BCUT2D eigenvalue weighted by Gasteiger charge is 2.34. The number of rotatable bonds is 26. The van der Waals surface area contributed by atoms with Gasteiger partial charge in [0.1, 0.15) is 6.10 Å². The molecule has 0 aromatic rings. The molecular formula is C38H68O8. The average Bonchev–Trinajstić information content (AvgIpc) is 3.77. The SMILES string of the molecule is CCCCCC[C@@H](O)CCC[C@@H](O)C[C@H]1CC[C@@H]([C@@H](O)CC[C@@H](O)[C@H]2CC[C@@H](CCCCCCCCCC3=C[C@@H](C)OC3=O)O2)O1. The van der Waals surface area contributed by atoms with E-state index in [1.165, 1.54) is 44.9 Å². The molecule has 268 valence electrons. The van der Waals surface area contributed by atoms with E-state index in [-0.39, 0.29) is 42.6 Å². The zero-order valence-corrected chi connectivity index (χ0v) is 29.2. The minimum Gasteiger partial charge on any atom is -0.455 e. The van der Waals surface area contributed by atoms with Gasteiger partial charge in [0, 0.05) is 5.57 Å². The van der Waals surface area contributed by atoms with E-state index in [1.807, 2.05) is 13.0 Å². The van der Waals surface area contributed by atoms with Gasteiger partial charge in [0.25, 0.3) is 0 Å². The Morgan fingerprint density at radius 2 is 1.24 bits per heavy atom. The first kappa shape index (κ1) is 39.4. The fourth-order valence-electron chi connectivity index (χ4n) is 7.48. The molecule has 3 rings (SSSR count). The van der Waals surface area contributed by atoms with Crippen molar-refractivity contribution in [3.63, 3.8) is 0 Å². The quantitative estimate of drug-likeness (QED) is 0.0570. The van der Waals surface area contributed by atoms with E-state index in [4.69, 9.17) is 14.2 Å². The molecule has 2 saturated heterocycles. The average molecular weight is 653 g/mol. The Balaban J connectivity index is 1.15. The van der Waals surface area contributed by atoms with Gasteiger partial charge < -0.3 is 34.6 Å². The minimum atomic E-state index is -0.614. The number of esters is 1. The molecule has 8 heteroatoms. The van der Waals surface area contributed by atoms with Crippen molar-refractivity contribution in [3.8, 4) is 0 Å². The second-order valence-electron chi connectivity index (χ2n) is 14.6. The molecule has 2 fully saturated rings. The first-order chi connectivity index (χ1) is 22.2. The van der Waals surface area contributed by atoms with Gasteiger partial charge in [-0.25, -0.2) is 4.79 Å². The van der Waals surface area contributed by atoms with Crippen molar-refractivity contribution >= 4 is 5.97 Å². The van der Waals surface area contributed by atoms with Crippen LogP contribution in [0.2, 0.25) is 0 Å². The van der Waals surface area contributed by atoms with E-state index in [0.717, 1.165) is 89.0 Å². The highest BCUT2D eigenvalue weighted by Crippen LogP contribution is 2.31. The Morgan fingerprint density at radius 3 is 1.89 bits per heavy atom. The smallest absolute Gasteiger partial charge is 0.334 e. The Bertz CT molecular complexity index is 849. The Kier molecular flexibility index (Phi) is 19.3. The monoisotopic (exact) mass is 652 g/mol. The third-order valence-electron chi connectivity index (χ3n) is 10.4. The fraction of sp³-hybridized carbons (Fsp3) is 0.921. The van der Waals surface area contributed by atoms with Gasteiger partial charge in [-0.05, 0) is 103 Å². The third-order valence-corrected chi connectivity index (χ3v) is 10.4. The van der Waals surface area contributed by atoms with Gasteiger partial charge in [-0.15, -0.1) is 0 Å². The van der Waals surface area contributed by atoms with E-state index in [2.05, 4.69) is 6.92 Å². The highest BCUT2D eigenvalue weighted by atomic mass is 16.5. The van der Waals surface area contributed by atoms with E-state index >= 15 is 0 Å². The van der Waals surface area contributed by atoms with Crippen LogP contribution in [0.15, 0.2) is 11.6 Å². The molecular weight excluding hydrogens is 584 g/mol. The van der Waals surface area contributed by atoms with Crippen LogP contribution in [0.5, 0.6) is 0 Å². The maximum Gasteiger partial charge on any atom is 0.334 e. The normalized spacial score (nSPS) is 27.5. The summed E-state index contributed by atoms with van der Waals surface area (Å²) in [5, 5.41) is 42.2. The summed E-state index contributed by atoms with van der Waals surface area (Å²) in [4.78, 5) is 11.7. The molecule has 3 heterocycles. The van der Waals surface area contributed by atoms with Crippen molar-refractivity contribution in [1.82, 2.24) is 0 Å². The number of carbonyl (C=O) groups excluding carboxylic acids is 1. The van der Waals surface area contributed by atoms with E-state index in [9.17, 15) is 25.2 Å². The van der Waals surface area contributed by atoms with Crippen molar-refractivity contribution in [2.45, 2.75) is 223 Å². The molecule has 0 aromatic heterocycles. The molecule has 0 bridgehead atoms. The zero-order chi connectivity index (χ0) is 33.1. The van der Waals surface area contributed by atoms with Crippen LogP contribution < -0.4 is 0 Å². The summed E-state index contributed by atoms with van der Waals surface area (Å²) in [6.07, 6.45) is 22.7. The number of carbonyl (C=O) groups is 1. The number of ether oxygens (including phenoxy) is 3. The molecule has 0 unspecified atom stereocenters.